The van der Waals surface area contributed by atoms with Gasteiger partial charge in [-0.15, -0.1) is 11.8 Å². The topological polar surface area (TPSA) is 40.5 Å². The van der Waals surface area contributed by atoms with Crippen LogP contribution in [0.2, 0.25) is 0 Å². The summed E-state index contributed by atoms with van der Waals surface area (Å²) in [6.07, 6.45) is 1.24. The van der Waals surface area contributed by atoms with E-state index in [2.05, 4.69) is 35.2 Å². The maximum atomic E-state index is 10.9. The molecule has 2 aromatic rings. The predicted molar refractivity (Wildman–Crippen MR) is 94.0 cm³/mol. The van der Waals surface area contributed by atoms with Crippen LogP contribution in [0.3, 0.4) is 0 Å². The fourth-order valence-electron chi connectivity index (χ4n) is 2.93. The van der Waals surface area contributed by atoms with Crippen LogP contribution in [0.4, 0.5) is 0 Å². The van der Waals surface area contributed by atoms with Crippen molar-refractivity contribution in [3.05, 3.63) is 65.7 Å². The van der Waals surface area contributed by atoms with E-state index < -0.39 is 5.97 Å². The van der Waals surface area contributed by atoms with E-state index in [0.29, 0.717) is 5.56 Å². The highest BCUT2D eigenvalue weighted by Crippen LogP contribution is 2.26. The molecule has 1 aliphatic heterocycles. The van der Waals surface area contributed by atoms with Gasteiger partial charge < -0.3 is 5.11 Å². The van der Waals surface area contributed by atoms with Gasteiger partial charge in [-0.2, -0.15) is 0 Å². The number of aromatic carboxylic acids is 1. The zero-order chi connectivity index (χ0) is 16.1. The maximum Gasteiger partial charge on any atom is 0.335 e. The Morgan fingerprint density at radius 3 is 2.57 bits per heavy atom. The number of carbonyl (C=O) groups is 1. The fourth-order valence-corrected chi connectivity index (χ4v) is 3.98. The van der Waals surface area contributed by atoms with Crippen LogP contribution < -0.4 is 0 Å². The monoisotopic (exact) mass is 327 g/mol. The Hall–Kier alpha value is -1.78. The first kappa shape index (κ1) is 16.1. The van der Waals surface area contributed by atoms with Crippen LogP contribution in [0.25, 0.3) is 0 Å². The molecule has 0 radical (unpaired) electrons. The molecule has 3 nitrogen and oxygen atoms in total. The van der Waals surface area contributed by atoms with Gasteiger partial charge in [-0.3, -0.25) is 4.90 Å². The number of thioether (sulfide) groups is 1. The van der Waals surface area contributed by atoms with Crippen molar-refractivity contribution in [3.8, 4) is 0 Å². The summed E-state index contributed by atoms with van der Waals surface area (Å²) in [7, 11) is 0. The Kier molecular flexibility index (Phi) is 5.36. The molecule has 0 spiro atoms. The minimum Gasteiger partial charge on any atom is -0.478 e. The second-order valence-corrected chi connectivity index (χ2v) is 7.11. The lowest BCUT2D eigenvalue weighted by Crippen LogP contribution is -2.20. The van der Waals surface area contributed by atoms with Crippen LogP contribution in [0.1, 0.15) is 22.3 Å². The third-order valence-corrected chi connectivity index (χ3v) is 5.45. The molecule has 3 rings (SSSR count). The smallest absolute Gasteiger partial charge is 0.335 e. The van der Waals surface area contributed by atoms with E-state index in [9.17, 15) is 4.79 Å². The quantitative estimate of drug-likeness (QED) is 0.814. The largest absolute Gasteiger partial charge is 0.478 e. The van der Waals surface area contributed by atoms with Crippen molar-refractivity contribution in [3.63, 3.8) is 0 Å². The van der Waals surface area contributed by atoms with Gasteiger partial charge in [-0.05, 0) is 48.7 Å². The molecule has 2 aromatic carbocycles. The van der Waals surface area contributed by atoms with Gasteiger partial charge in [0.15, 0.2) is 0 Å². The van der Waals surface area contributed by atoms with Crippen molar-refractivity contribution >= 4 is 17.7 Å². The summed E-state index contributed by atoms with van der Waals surface area (Å²) in [5.74, 6) is 1.03. The van der Waals surface area contributed by atoms with Crippen LogP contribution >= 0.6 is 11.8 Å². The second-order valence-electron chi connectivity index (χ2n) is 6.02. The van der Waals surface area contributed by atoms with Crippen LogP contribution in [0.15, 0.2) is 59.5 Å². The Bertz CT molecular complexity index is 642. The predicted octanol–water partition coefficient (Wildman–Crippen LogP) is 4.00. The van der Waals surface area contributed by atoms with E-state index in [1.54, 1.807) is 12.1 Å². The van der Waals surface area contributed by atoms with Gasteiger partial charge in [-0.1, -0.05) is 30.3 Å². The first-order chi connectivity index (χ1) is 11.2. The molecule has 1 saturated heterocycles. The first-order valence-electron chi connectivity index (χ1n) is 7.93. The van der Waals surface area contributed by atoms with Gasteiger partial charge in [-0.25, -0.2) is 4.79 Å². The number of benzene rings is 2. The van der Waals surface area contributed by atoms with Crippen molar-refractivity contribution in [1.29, 1.82) is 0 Å². The van der Waals surface area contributed by atoms with Crippen molar-refractivity contribution < 1.29 is 9.90 Å². The Labute approximate surface area is 141 Å². The van der Waals surface area contributed by atoms with Crippen molar-refractivity contribution in [2.45, 2.75) is 17.9 Å². The normalized spacial score (nSPS) is 18.2. The van der Waals surface area contributed by atoms with E-state index in [1.807, 2.05) is 23.9 Å². The molecule has 1 unspecified atom stereocenters. The fraction of sp³-hybridized carbons (Fsp3) is 0.316. The molecule has 0 aliphatic carbocycles. The highest BCUT2D eigenvalue weighted by atomic mass is 32.2. The summed E-state index contributed by atoms with van der Waals surface area (Å²) in [6.45, 7) is 3.16. The highest BCUT2D eigenvalue weighted by Gasteiger charge is 2.22. The van der Waals surface area contributed by atoms with Crippen LogP contribution in [0.5, 0.6) is 0 Å². The average molecular weight is 327 g/mol. The lowest BCUT2D eigenvalue weighted by atomic mass is 10.1. The first-order valence-corrected chi connectivity index (χ1v) is 8.92. The summed E-state index contributed by atoms with van der Waals surface area (Å²) < 4.78 is 0. The second kappa shape index (κ2) is 7.66. The van der Waals surface area contributed by atoms with Crippen molar-refractivity contribution in [1.82, 2.24) is 4.90 Å². The number of likely N-dealkylation sites (tertiary alicyclic amines) is 1. The molecule has 0 bridgehead atoms. The molecule has 1 N–H and O–H groups in total. The van der Waals surface area contributed by atoms with Gasteiger partial charge >= 0.3 is 5.97 Å². The molecule has 0 aromatic heterocycles. The van der Waals surface area contributed by atoms with E-state index >= 15 is 0 Å². The van der Waals surface area contributed by atoms with Gasteiger partial charge in [0.05, 0.1) is 5.56 Å². The zero-order valence-corrected chi connectivity index (χ0v) is 13.8. The molecule has 1 aliphatic rings. The van der Waals surface area contributed by atoms with Gasteiger partial charge in [0.2, 0.25) is 0 Å². The lowest BCUT2D eigenvalue weighted by Gasteiger charge is -2.16. The number of nitrogens with zero attached hydrogens (tertiary/aromatic N) is 1. The molecule has 120 valence electrons. The molecule has 1 heterocycles. The molecular formula is C19H21NO2S. The van der Waals surface area contributed by atoms with Gasteiger partial charge in [0.25, 0.3) is 0 Å². The standard InChI is InChI=1S/C19H21NO2S/c21-19(22)17-8-6-15(7-9-17)12-20-11-10-16(13-20)14-23-18-4-2-1-3-5-18/h1-9,16H,10-14H2,(H,21,22). The SMILES string of the molecule is O=C(O)c1ccc(CN2CCC(CSc3ccccc3)C2)cc1. The number of carboxylic acid groups (broad SMARTS) is 1. The third kappa shape index (κ3) is 4.60. The van der Waals surface area contributed by atoms with E-state index in [1.165, 1.54) is 22.6 Å². The Morgan fingerprint density at radius 2 is 1.87 bits per heavy atom. The molecule has 0 amide bonds. The Morgan fingerprint density at radius 1 is 1.13 bits per heavy atom. The van der Waals surface area contributed by atoms with Crippen molar-refractivity contribution in [2.75, 3.05) is 18.8 Å². The lowest BCUT2D eigenvalue weighted by molar-refractivity contribution is 0.0697. The summed E-state index contributed by atoms with van der Waals surface area (Å²) in [4.78, 5) is 14.7. The molecule has 1 atom stereocenters. The molecule has 23 heavy (non-hydrogen) atoms. The number of rotatable bonds is 6. The van der Waals surface area contributed by atoms with Gasteiger partial charge in [0.1, 0.15) is 0 Å². The average Bonchev–Trinajstić information content (AvgIpc) is 3.02. The van der Waals surface area contributed by atoms with E-state index in [-0.39, 0.29) is 0 Å². The highest BCUT2D eigenvalue weighted by molar-refractivity contribution is 7.99. The summed E-state index contributed by atoms with van der Waals surface area (Å²) >= 11 is 1.94. The number of carboxylic acids is 1. The van der Waals surface area contributed by atoms with Crippen LogP contribution in [-0.2, 0) is 6.54 Å². The van der Waals surface area contributed by atoms with Crippen molar-refractivity contribution in [2.24, 2.45) is 5.92 Å². The molecular weight excluding hydrogens is 306 g/mol. The van der Waals surface area contributed by atoms with E-state index in [4.69, 9.17) is 5.11 Å². The Balaban J connectivity index is 1.47. The minimum absolute atomic E-state index is 0.354. The minimum atomic E-state index is -0.865. The third-order valence-electron chi connectivity index (χ3n) is 4.21. The zero-order valence-electron chi connectivity index (χ0n) is 13.0. The molecule has 4 heteroatoms. The number of hydrogen-bond acceptors (Lipinski definition) is 3. The van der Waals surface area contributed by atoms with Crippen LogP contribution in [-0.4, -0.2) is 34.8 Å². The summed E-state index contributed by atoms with van der Waals surface area (Å²) in [5, 5.41) is 8.93. The molecule has 1 fully saturated rings. The summed E-state index contributed by atoms with van der Waals surface area (Å²) in [5.41, 5.74) is 1.54. The van der Waals surface area contributed by atoms with Crippen LogP contribution in [0, 0.1) is 5.92 Å². The molecule has 0 saturated carbocycles. The van der Waals surface area contributed by atoms with E-state index in [0.717, 1.165) is 25.6 Å². The number of hydrogen-bond donors (Lipinski definition) is 1. The maximum absolute atomic E-state index is 10.9. The van der Waals surface area contributed by atoms with Gasteiger partial charge in [0, 0.05) is 23.7 Å². The summed E-state index contributed by atoms with van der Waals surface area (Å²) in [6, 6.07) is 17.8.